The van der Waals surface area contributed by atoms with Gasteiger partial charge in [-0.2, -0.15) is 0 Å². The van der Waals surface area contributed by atoms with E-state index in [9.17, 15) is 0 Å². The SMILES string of the molecule is COc1ccc2c3c1O[C@H]1[C@]4(OC)C5C[C@]6(C[C@H]4N=C5C)[C@H](C2)N(C)CC[C@]316. The maximum absolute atomic E-state index is 6.95. The second kappa shape index (κ2) is 4.59. The highest BCUT2D eigenvalue weighted by Crippen LogP contribution is 2.77. The molecule has 1 saturated heterocycles. The van der Waals surface area contributed by atoms with Gasteiger partial charge >= 0.3 is 0 Å². The molecule has 3 heterocycles. The van der Waals surface area contributed by atoms with E-state index >= 15 is 0 Å². The summed E-state index contributed by atoms with van der Waals surface area (Å²) < 4.78 is 19.2. The highest BCUT2D eigenvalue weighted by atomic mass is 16.6. The van der Waals surface area contributed by atoms with Crippen molar-refractivity contribution >= 4 is 5.71 Å². The third kappa shape index (κ3) is 1.30. The number of methoxy groups -OCH3 is 2. The first kappa shape index (κ1) is 16.2. The van der Waals surface area contributed by atoms with Crippen molar-refractivity contribution in [1.82, 2.24) is 4.90 Å². The molecule has 5 heteroatoms. The molecule has 3 saturated carbocycles. The Labute approximate surface area is 166 Å². The van der Waals surface area contributed by atoms with Crippen molar-refractivity contribution in [3.8, 4) is 11.5 Å². The van der Waals surface area contributed by atoms with E-state index in [0.717, 1.165) is 37.3 Å². The van der Waals surface area contributed by atoms with Crippen molar-refractivity contribution in [3.63, 3.8) is 0 Å². The molecular weight excluding hydrogens is 352 g/mol. The first-order chi connectivity index (χ1) is 13.5. The number of likely N-dealkylation sites (N-methyl/N-ethyl adjacent to an activating group) is 1. The van der Waals surface area contributed by atoms with E-state index in [-0.39, 0.29) is 28.6 Å². The molecule has 1 aromatic rings. The Balaban J connectivity index is 1.59. The number of rotatable bonds is 2. The zero-order chi connectivity index (χ0) is 19.1. The number of ether oxygens (including phenoxy) is 3. The molecule has 1 unspecified atom stereocenters. The lowest BCUT2D eigenvalue weighted by Gasteiger charge is -2.73. The summed E-state index contributed by atoms with van der Waals surface area (Å²) in [6.45, 7) is 3.34. The molecule has 4 fully saturated rings. The number of piperidine rings is 1. The summed E-state index contributed by atoms with van der Waals surface area (Å²) in [7, 11) is 5.98. The van der Waals surface area contributed by atoms with Gasteiger partial charge in [0.1, 0.15) is 11.7 Å². The van der Waals surface area contributed by atoms with Crippen molar-refractivity contribution in [3.05, 3.63) is 23.3 Å². The predicted molar refractivity (Wildman–Crippen MR) is 106 cm³/mol. The van der Waals surface area contributed by atoms with Gasteiger partial charge in [-0.3, -0.25) is 4.99 Å². The Morgan fingerprint density at radius 3 is 2.86 bits per heavy atom. The fraction of sp³-hybridized carbons (Fsp3) is 0.696. The zero-order valence-corrected chi connectivity index (χ0v) is 17.1. The van der Waals surface area contributed by atoms with Crippen LogP contribution in [0.2, 0.25) is 0 Å². The highest BCUT2D eigenvalue weighted by Gasteiger charge is 2.84. The predicted octanol–water partition coefficient (Wildman–Crippen LogP) is 2.59. The average Bonchev–Trinajstić information content (AvgIpc) is 3.13. The summed E-state index contributed by atoms with van der Waals surface area (Å²) in [4.78, 5) is 7.80. The molecule has 4 aliphatic carbocycles. The van der Waals surface area contributed by atoms with Crippen LogP contribution in [0.3, 0.4) is 0 Å². The molecule has 1 aromatic carbocycles. The van der Waals surface area contributed by atoms with Crippen molar-refractivity contribution in [2.45, 2.75) is 61.8 Å². The molecule has 3 aliphatic heterocycles. The maximum Gasteiger partial charge on any atom is 0.165 e. The third-order valence-corrected chi connectivity index (χ3v) is 9.71. The Hall–Kier alpha value is -1.59. The lowest BCUT2D eigenvalue weighted by atomic mass is 9.34. The Kier molecular flexibility index (Phi) is 2.66. The van der Waals surface area contributed by atoms with E-state index in [4.69, 9.17) is 19.2 Å². The molecule has 5 nitrogen and oxygen atoms in total. The van der Waals surface area contributed by atoms with Crippen LogP contribution < -0.4 is 9.47 Å². The fourth-order valence-electron chi connectivity index (χ4n) is 8.85. The van der Waals surface area contributed by atoms with Crippen LogP contribution in [0.1, 0.15) is 37.3 Å². The Bertz CT molecular complexity index is 959. The largest absolute Gasteiger partial charge is 0.493 e. The van der Waals surface area contributed by atoms with Crippen LogP contribution in [0.5, 0.6) is 11.5 Å². The third-order valence-electron chi connectivity index (χ3n) is 9.71. The summed E-state index contributed by atoms with van der Waals surface area (Å²) in [5.41, 5.74) is 4.11. The van der Waals surface area contributed by atoms with Crippen molar-refractivity contribution in [1.29, 1.82) is 0 Å². The molecular formula is C23H28N2O3. The lowest BCUT2D eigenvalue weighted by Crippen LogP contribution is -2.83. The van der Waals surface area contributed by atoms with Gasteiger partial charge in [-0.15, -0.1) is 0 Å². The minimum absolute atomic E-state index is 0.0325. The molecule has 8 rings (SSSR count). The smallest absolute Gasteiger partial charge is 0.165 e. The van der Waals surface area contributed by atoms with Gasteiger partial charge in [-0.25, -0.2) is 0 Å². The summed E-state index contributed by atoms with van der Waals surface area (Å²) >= 11 is 0. The van der Waals surface area contributed by atoms with Crippen LogP contribution in [0.15, 0.2) is 17.1 Å². The molecule has 0 N–H and O–H groups in total. The number of hydrogen-bond donors (Lipinski definition) is 0. The Morgan fingerprint density at radius 1 is 1.25 bits per heavy atom. The molecule has 148 valence electrons. The van der Waals surface area contributed by atoms with Gasteiger partial charge < -0.3 is 19.1 Å². The summed E-state index contributed by atoms with van der Waals surface area (Å²) in [5.74, 6) is 2.25. The van der Waals surface area contributed by atoms with Crippen LogP contribution in [0, 0.1) is 11.3 Å². The molecule has 7 aliphatic rings. The van der Waals surface area contributed by atoms with Gasteiger partial charge in [0.25, 0.3) is 0 Å². The number of nitrogens with zero attached hydrogens (tertiary/aromatic N) is 2. The van der Waals surface area contributed by atoms with E-state index in [2.05, 4.69) is 31.0 Å². The monoisotopic (exact) mass is 380 g/mol. The second-order valence-electron chi connectivity index (χ2n) is 10.0. The van der Waals surface area contributed by atoms with E-state index in [1.807, 2.05) is 7.11 Å². The van der Waals surface area contributed by atoms with Crippen LogP contribution in [0.25, 0.3) is 0 Å². The van der Waals surface area contributed by atoms with Crippen LogP contribution in [-0.4, -0.2) is 62.2 Å². The highest BCUT2D eigenvalue weighted by molar-refractivity contribution is 5.90. The number of hydrogen-bond acceptors (Lipinski definition) is 5. The van der Waals surface area contributed by atoms with Crippen molar-refractivity contribution in [2.24, 2.45) is 16.3 Å². The zero-order valence-electron chi connectivity index (χ0n) is 17.1. The van der Waals surface area contributed by atoms with Gasteiger partial charge in [-0.1, -0.05) is 6.07 Å². The van der Waals surface area contributed by atoms with E-state index in [0.29, 0.717) is 12.0 Å². The maximum atomic E-state index is 6.95. The van der Waals surface area contributed by atoms with Crippen molar-refractivity contribution < 1.29 is 14.2 Å². The molecule has 6 bridgehead atoms. The molecule has 28 heavy (non-hydrogen) atoms. The molecule has 0 amide bonds. The number of aliphatic imine (C=N–C) groups is 1. The van der Waals surface area contributed by atoms with E-state index in [1.54, 1.807) is 7.11 Å². The fourth-order valence-corrected chi connectivity index (χ4v) is 8.85. The first-order valence-corrected chi connectivity index (χ1v) is 10.7. The molecule has 7 atom stereocenters. The first-order valence-electron chi connectivity index (χ1n) is 10.7. The minimum Gasteiger partial charge on any atom is -0.493 e. The van der Waals surface area contributed by atoms with Crippen LogP contribution in [-0.2, 0) is 16.6 Å². The normalized spacial score (nSPS) is 48.9. The molecule has 0 radical (unpaired) electrons. The standard InChI is InChI=1S/C23H28N2O3/c1-12-14-10-21-11-16(24-12)23(14,27-4)20-22(21)7-8-25(2)17(21)9-13-5-6-15(26-3)19(28-20)18(13)22/h5-6,14,16-17,20H,7-11H2,1-4H3/t14?,16-,17+,20-,21+,22+,23+/m1/s1. The summed E-state index contributed by atoms with van der Waals surface area (Å²) in [6.07, 6.45) is 4.59. The summed E-state index contributed by atoms with van der Waals surface area (Å²) in [6, 6.07) is 5.17. The Morgan fingerprint density at radius 2 is 2.11 bits per heavy atom. The molecule has 0 aromatic heterocycles. The van der Waals surface area contributed by atoms with Gasteiger partial charge in [0.2, 0.25) is 0 Å². The van der Waals surface area contributed by atoms with E-state index < -0.39 is 0 Å². The molecule has 2 spiro atoms. The topological polar surface area (TPSA) is 43.3 Å². The number of likely N-dealkylation sites (tertiary alicyclic amines) is 1. The van der Waals surface area contributed by atoms with Gasteiger partial charge in [-0.05, 0) is 57.8 Å². The quantitative estimate of drug-likeness (QED) is 0.791. The van der Waals surface area contributed by atoms with Gasteiger partial charge in [0.05, 0.1) is 13.2 Å². The van der Waals surface area contributed by atoms with Gasteiger partial charge in [0.15, 0.2) is 11.5 Å². The van der Waals surface area contributed by atoms with Crippen LogP contribution in [0.4, 0.5) is 0 Å². The van der Waals surface area contributed by atoms with Crippen molar-refractivity contribution in [2.75, 3.05) is 27.8 Å². The van der Waals surface area contributed by atoms with Gasteiger partial charge in [0, 0.05) is 41.2 Å². The lowest BCUT2D eigenvalue weighted by molar-refractivity contribution is -0.264. The van der Waals surface area contributed by atoms with E-state index in [1.165, 1.54) is 23.3 Å². The second-order valence-corrected chi connectivity index (χ2v) is 10.0. The minimum atomic E-state index is -0.328. The average molecular weight is 380 g/mol. The summed E-state index contributed by atoms with van der Waals surface area (Å²) in [5, 5.41) is 0. The number of benzene rings is 1. The van der Waals surface area contributed by atoms with Crippen LogP contribution >= 0.6 is 0 Å².